The molecule has 2 aromatic heterocycles. The number of thiazole rings is 1. The number of carbonyl (C=O) groups excluding carboxylic acids is 4. The Labute approximate surface area is 442 Å². The lowest BCUT2D eigenvalue weighted by Gasteiger charge is -2.46. The molecule has 396 valence electrons. The zero-order valence-electron chi connectivity index (χ0n) is 43.3. The maximum absolute atomic E-state index is 15.2. The van der Waals surface area contributed by atoms with E-state index in [9.17, 15) is 24.3 Å². The van der Waals surface area contributed by atoms with Gasteiger partial charge in [-0.3, -0.25) is 24.1 Å². The van der Waals surface area contributed by atoms with Crippen molar-refractivity contribution in [2.75, 3.05) is 56.7 Å². The highest BCUT2D eigenvalue weighted by Crippen LogP contribution is 2.42. The fourth-order valence-corrected chi connectivity index (χ4v) is 12.4. The molecule has 2 aliphatic carbocycles. The van der Waals surface area contributed by atoms with Gasteiger partial charge in [0.15, 0.2) is 5.67 Å². The molecule has 1 aromatic carbocycles. The van der Waals surface area contributed by atoms with Crippen LogP contribution in [0.4, 0.5) is 16.2 Å². The molecular weight excluding hydrogens is 991 g/mol. The largest absolute Gasteiger partial charge is 0.495 e. The predicted octanol–water partition coefficient (Wildman–Crippen LogP) is 7.51. The molecule has 4 fully saturated rings. The standard InChI is InChI=1S/C53H72ClFN10O6S2/c1-10-41(60-51-58-24-40(54)46(56-8)62-51)43(71-9)21-31(2)48(68)63-25-32(3)64(33(4)26-63)27-36-11-13-37(14-12-36)29-73-52(6,7)45(61-50(70)53(55)19-20-53)49(69)65-28-39(66)22-42(65)47(67)57-23-35-15-17-38(18-16-35)44-34(5)59-30-72-44/h10,15-18,21,24,30,32-33,36-37,39,42,45,66H,2,11-14,19-20,22-23,25-29H2,1,3-9H3,(H,57,67)(H,61,70)(H2,56,58,60,62)/b41-10+,43-21+/t32-,33+,36-,37-,39-,42+,45?/m1/s1. The molecule has 16 nitrogen and oxygen atoms in total. The Hall–Kier alpha value is -5.08. The molecule has 0 bridgehead atoms. The van der Waals surface area contributed by atoms with Crippen molar-refractivity contribution in [2.24, 2.45) is 11.8 Å². The topological polar surface area (TPSA) is 194 Å². The number of amides is 4. The highest BCUT2D eigenvalue weighted by atomic mass is 35.5. The minimum absolute atomic E-state index is 0.0538. The van der Waals surface area contributed by atoms with Gasteiger partial charge in [0, 0.05) is 68.6 Å². The number of aliphatic hydroxyl groups is 1. The zero-order valence-corrected chi connectivity index (χ0v) is 45.7. The summed E-state index contributed by atoms with van der Waals surface area (Å²) in [6, 6.07) is 6.02. The minimum atomic E-state index is -2.01. The molecule has 20 heteroatoms. The number of ether oxygens (including phenoxy) is 1. The van der Waals surface area contributed by atoms with Crippen molar-refractivity contribution in [1.29, 1.82) is 0 Å². The Morgan fingerprint density at radius 3 is 2.34 bits per heavy atom. The summed E-state index contributed by atoms with van der Waals surface area (Å²) in [7, 11) is 3.25. The minimum Gasteiger partial charge on any atom is -0.495 e. The lowest BCUT2D eigenvalue weighted by atomic mass is 9.82. The maximum Gasteiger partial charge on any atom is 0.258 e. The average molecular weight is 1060 g/mol. The van der Waals surface area contributed by atoms with E-state index in [0.29, 0.717) is 58.7 Å². The number of aliphatic hydroxyl groups excluding tert-OH is 1. The number of benzene rings is 1. The number of halogens is 2. The number of likely N-dealkylation sites (tertiary alicyclic amines) is 1. The number of β-amino-alcohol motifs (C(OH)–C–C–N with tert-alkyl or cyclic N) is 1. The van der Waals surface area contributed by atoms with Gasteiger partial charge >= 0.3 is 0 Å². The van der Waals surface area contributed by atoms with Gasteiger partial charge in [0.05, 0.1) is 41.2 Å². The van der Waals surface area contributed by atoms with Gasteiger partial charge in [-0.05, 0) is 115 Å². The van der Waals surface area contributed by atoms with Gasteiger partial charge in [-0.25, -0.2) is 14.4 Å². The van der Waals surface area contributed by atoms with E-state index in [1.165, 1.54) is 18.2 Å². The maximum atomic E-state index is 15.2. The fraction of sp³-hybridized carbons (Fsp3) is 0.566. The van der Waals surface area contributed by atoms with E-state index in [-0.39, 0.29) is 50.3 Å². The number of aromatic nitrogens is 3. The summed E-state index contributed by atoms with van der Waals surface area (Å²) in [5.74, 6) is 0.891. The first-order valence-electron chi connectivity index (χ1n) is 25.3. The second-order valence-corrected chi connectivity index (χ2v) is 23.5. The highest BCUT2D eigenvalue weighted by molar-refractivity contribution is 8.00. The molecule has 2 saturated carbocycles. The number of hydrogen-bond donors (Lipinski definition) is 5. The number of alkyl halides is 1. The van der Waals surface area contributed by atoms with Gasteiger partial charge in [0.1, 0.15) is 28.7 Å². The number of methoxy groups -OCH3 is 1. The Morgan fingerprint density at radius 2 is 1.74 bits per heavy atom. The number of carbonyl (C=O) groups is 4. The quantitative estimate of drug-likeness (QED) is 0.0425. The summed E-state index contributed by atoms with van der Waals surface area (Å²) in [5.41, 5.74) is 3.52. The van der Waals surface area contributed by atoms with E-state index in [1.54, 1.807) is 42.3 Å². The summed E-state index contributed by atoms with van der Waals surface area (Å²) in [6.07, 6.45) is 8.31. The predicted molar refractivity (Wildman–Crippen MR) is 288 cm³/mol. The van der Waals surface area contributed by atoms with E-state index in [0.717, 1.165) is 59.7 Å². The van der Waals surface area contributed by atoms with Crippen LogP contribution in [0.3, 0.4) is 0 Å². The summed E-state index contributed by atoms with van der Waals surface area (Å²) >= 11 is 9.32. The molecule has 4 amide bonds. The van der Waals surface area contributed by atoms with Crippen LogP contribution in [0.15, 0.2) is 71.7 Å². The lowest BCUT2D eigenvalue weighted by Crippen LogP contribution is -2.61. The van der Waals surface area contributed by atoms with Crippen LogP contribution in [0.2, 0.25) is 5.02 Å². The number of hydrogen-bond acceptors (Lipinski definition) is 14. The van der Waals surface area contributed by atoms with Gasteiger partial charge in [-0.15, -0.1) is 11.3 Å². The zero-order chi connectivity index (χ0) is 52.8. The normalized spacial score (nSPS) is 23.9. The second kappa shape index (κ2) is 24.1. The Kier molecular flexibility index (Phi) is 18.4. The van der Waals surface area contributed by atoms with Crippen LogP contribution in [0.1, 0.15) is 90.8 Å². The monoisotopic (exact) mass is 1060 g/mol. The van der Waals surface area contributed by atoms with Crippen molar-refractivity contribution in [1.82, 2.24) is 40.3 Å². The average Bonchev–Trinajstić information content (AvgIpc) is 3.79. The van der Waals surface area contributed by atoms with Crippen LogP contribution in [0.25, 0.3) is 10.4 Å². The SMILES string of the molecule is C=C(/C=C(OC)\C(=C/C)Nc1ncc(Cl)c(NC)n1)C(=O)N1C[C@@H](C)N(C[C@H]2CC[C@H](CSC(C)(C)C(NC(=O)C3(F)CC3)C(=O)N3C[C@H](O)C[C@H]3C(=O)NCc3ccc(-c4scnc4C)cc3)CC2)[C@@H](C)C1. The van der Waals surface area contributed by atoms with Crippen molar-refractivity contribution in [2.45, 2.75) is 134 Å². The van der Waals surface area contributed by atoms with Crippen LogP contribution < -0.4 is 21.3 Å². The second-order valence-electron chi connectivity index (χ2n) is 20.6. The van der Waals surface area contributed by atoms with Crippen molar-refractivity contribution in [3.05, 3.63) is 88.0 Å². The van der Waals surface area contributed by atoms with Crippen LogP contribution in [0, 0.1) is 18.8 Å². The summed E-state index contributed by atoms with van der Waals surface area (Å²) < 4.78 is 20.0. The Morgan fingerprint density at radius 1 is 1.07 bits per heavy atom. The van der Waals surface area contributed by atoms with Crippen molar-refractivity contribution in [3.63, 3.8) is 0 Å². The third kappa shape index (κ3) is 13.6. The summed E-state index contributed by atoms with van der Waals surface area (Å²) in [6.45, 7) is 18.2. The van der Waals surface area contributed by atoms with Gasteiger partial charge in [0.2, 0.25) is 17.8 Å². The number of nitrogens with one attached hydrogen (secondary N) is 4. The molecule has 5 atom stereocenters. The molecule has 7 rings (SSSR count). The van der Waals surface area contributed by atoms with E-state index in [4.69, 9.17) is 16.3 Å². The van der Waals surface area contributed by atoms with Crippen LogP contribution >= 0.6 is 34.7 Å². The Balaban J connectivity index is 0.905. The summed E-state index contributed by atoms with van der Waals surface area (Å²) in [5, 5.41) is 23.0. The van der Waals surface area contributed by atoms with Gasteiger partial charge in [0.25, 0.3) is 11.8 Å². The molecule has 1 unspecified atom stereocenters. The molecule has 4 heterocycles. The molecular formula is C53H72ClFN10O6S2. The molecule has 0 radical (unpaired) electrons. The van der Waals surface area contributed by atoms with Crippen molar-refractivity contribution >= 4 is 70.1 Å². The lowest BCUT2D eigenvalue weighted by molar-refractivity contribution is -0.143. The first kappa shape index (κ1) is 55.7. The number of aryl methyl sites for hydroxylation is 1. The molecule has 5 N–H and O–H groups in total. The van der Waals surface area contributed by atoms with Crippen LogP contribution in [0.5, 0.6) is 0 Å². The van der Waals surface area contributed by atoms with Crippen molar-refractivity contribution < 1.29 is 33.4 Å². The number of allylic oxidation sites excluding steroid dienone is 1. The van der Waals surface area contributed by atoms with Crippen LogP contribution in [-0.2, 0) is 30.5 Å². The van der Waals surface area contributed by atoms with E-state index in [2.05, 4.69) is 61.5 Å². The fourth-order valence-electron chi connectivity index (χ4n) is 10.1. The molecule has 3 aromatic rings. The molecule has 2 aliphatic heterocycles. The highest BCUT2D eigenvalue weighted by Gasteiger charge is 2.54. The number of anilines is 2. The third-order valence-electron chi connectivity index (χ3n) is 14.7. The van der Waals surface area contributed by atoms with E-state index < -0.39 is 46.3 Å². The molecule has 73 heavy (non-hydrogen) atoms. The van der Waals surface area contributed by atoms with E-state index in [1.807, 2.05) is 62.4 Å². The number of nitrogens with zero attached hydrogens (tertiary/aromatic N) is 6. The molecule has 0 spiro atoms. The summed E-state index contributed by atoms with van der Waals surface area (Å²) in [4.78, 5) is 75.3. The number of rotatable bonds is 20. The third-order valence-corrected chi connectivity index (χ3v) is 17.6. The first-order chi connectivity index (χ1) is 34.7. The van der Waals surface area contributed by atoms with Crippen molar-refractivity contribution in [3.8, 4) is 10.4 Å². The van der Waals surface area contributed by atoms with Crippen LogP contribution in [-0.4, -0.2) is 145 Å². The van der Waals surface area contributed by atoms with Gasteiger partial charge in [-0.1, -0.05) is 48.5 Å². The van der Waals surface area contributed by atoms with E-state index >= 15 is 4.39 Å². The molecule has 2 saturated heterocycles. The number of piperazine rings is 1. The first-order valence-corrected chi connectivity index (χ1v) is 27.5. The van der Waals surface area contributed by atoms with Gasteiger partial charge in [-0.2, -0.15) is 16.7 Å². The van der Waals surface area contributed by atoms with Gasteiger partial charge < -0.3 is 40.9 Å². The smallest absolute Gasteiger partial charge is 0.258 e. The molecule has 4 aliphatic rings. The number of thioether (sulfide) groups is 1. The Bertz CT molecular complexity index is 2540.